The zero-order valence-corrected chi connectivity index (χ0v) is 10.4. The molecule has 0 spiro atoms. The summed E-state index contributed by atoms with van der Waals surface area (Å²) in [6.07, 6.45) is 1.75. The van der Waals surface area contributed by atoms with Gasteiger partial charge in [-0.3, -0.25) is 4.68 Å². The molecule has 2 heterocycles. The third-order valence-electron chi connectivity index (χ3n) is 2.44. The maximum Gasteiger partial charge on any atom is 0.158 e. The van der Waals surface area contributed by atoms with Gasteiger partial charge in [-0.1, -0.05) is 0 Å². The van der Waals surface area contributed by atoms with Crippen LogP contribution in [0, 0.1) is 0 Å². The highest BCUT2D eigenvalue weighted by atomic mass is 16.5. The standard InChI is InChI=1S/C11H16N6O/c1-17-8(3-4-14-17)6-13-10-5-9(12)15-11(16-10)7-18-2/h3-5H,6-7H2,1-2H3,(H3,12,13,15,16). The number of nitrogens with zero attached hydrogens (tertiary/aromatic N) is 4. The van der Waals surface area contributed by atoms with Crippen molar-refractivity contribution in [2.45, 2.75) is 13.2 Å². The summed E-state index contributed by atoms with van der Waals surface area (Å²) in [5, 5.41) is 7.27. The molecule has 0 unspecified atom stereocenters. The molecule has 3 N–H and O–H groups in total. The van der Waals surface area contributed by atoms with E-state index in [0.717, 1.165) is 5.69 Å². The van der Waals surface area contributed by atoms with E-state index in [4.69, 9.17) is 10.5 Å². The fourth-order valence-electron chi connectivity index (χ4n) is 1.56. The van der Waals surface area contributed by atoms with Crippen molar-refractivity contribution < 1.29 is 4.74 Å². The molecule has 0 atom stereocenters. The predicted molar refractivity (Wildman–Crippen MR) is 67.7 cm³/mol. The number of hydrogen-bond donors (Lipinski definition) is 2. The summed E-state index contributed by atoms with van der Waals surface area (Å²) in [7, 11) is 3.48. The summed E-state index contributed by atoms with van der Waals surface area (Å²) >= 11 is 0. The zero-order chi connectivity index (χ0) is 13.0. The number of ether oxygens (including phenoxy) is 1. The minimum atomic E-state index is 0.339. The summed E-state index contributed by atoms with van der Waals surface area (Å²) in [5.74, 6) is 1.66. The Morgan fingerprint density at radius 3 is 2.94 bits per heavy atom. The van der Waals surface area contributed by atoms with Gasteiger partial charge in [-0.2, -0.15) is 5.10 Å². The predicted octanol–water partition coefficient (Wildman–Crippen LogP) is 0.551. The van der Waals surface area contributed by atoms with E-state index in [9.17, 15) is 0 Å². The molecule has 0 aliphatic carbocycles. The summed E-state index contributed by atoms with van der Waals surface area (Å²) < 4.78 is 6.78. The molecule has 0 fully saturated rings. The fourth-order valence-corrected chi connectivity index (χ4v) is 1.56. The maximum atomic E-state index is 5.70. The van der Waals surface area contributed by atoms with Crippen LogP contribution in [0.4, 0.5) is 11.6 Å². The Bertz CT molecular complexity index is 524. The van der Waals surface area contributed by atoms with E-state index < -0.39 is 0 Å². The number of anilines is 2. The average molecular weight is 248 g/mol. The van der Waals surface area contributed by atoms with Crippen LogP contribution in [0.5, 0.6) is 0 Å². The molecular formula is C11H16N6O. The molecule has 0 saturated carbocycles. The van der Waals surface area contributed by atoms with Gasteiger partial charge in [0.05, 0.1) is 12.2 Å². The second-order valence-corrected chi connectivity index (χ2v) is 3.83. The van der Waals surface area contributed by atoms with Gasteiger partial charge in [0, 0.05) is 26.4 Å². The van der Waals surface area contributed by atoms with Gasteiger partial charge in [0.1, 0.15) is 18.2 Å². The van der Waals surface area contributed by atoms with Gasteiger partial charge in [-0.15, -0.1) is 0 Å². The van der Waals surface area contributed by atoms with Crippen molar-refractivity contribution in [3.8, 4) is 0 Å². The van der Waals surface area contributed by atoms with Gasteiger partial charge in [0.15, 0.2) is 5.82 Å². The van der Waals surface area contributed by atoms with Gasteiger partial charge in [0.2, 0.25) is 0 Å². The van der Waals surface area contributed by atoms with Crippen LogP contribution in [0.1, 0.15) is 11.5 Å². The molecule has 0 amide bonds. The van der Waals surface area contributed by atoms with E-state index in [1.165, 1.54) is 0 Å². The molecule has 7 heteroatoms. The number of aromatic nitrogens is 4. The van der Waals surface area contributed by atoms with Gasteiger partial charge in [-0.25, -0.2) is 9.97 Å². The highest BCUT2D eigenvalue weighted by molar-refractivity contribution is 5.44. The number of methoxy groups -OCH3 is 1. The quantitative estimate of drug-likeness (QED) is 0.803. The van der Waals surface area contributed by atoms with E-state index in [1.54, 1.807) is 24.1 Å². The Kier molecular flexibility index (Phi) is 3.73. The Hall–Kier alpha value is -2.15. The van der Waals surface area contributed by atoms with Crippen molar-refractivity contribution in [2.75, 3.05) is 18.2 Å². The van der Waals surface area contributed by atoms with E-state index >= 15 is 0 Å². The van der Waals surface area contributed by atoms with Crippen molar-refractivity contribution in [3.05, 3.63) is 29.8 Å². The Morgan fingerprint density at radius 1 is 1.44 bits per heavy atom. The van der Waals surface area contributed by atoms with Gasteiger partial charge in [-0.05, 0) is 6.07 Å². The van der Waals surface area contributed by atoms with Crippen LogP contribution < -0.4 is 11.1 Å². The summed E-state index contributed by atoms with van der Waals surface area (Å²) in [6, 6.07) is 3.63. The summed E-state index contributed by atoms with van der Waals surface area (Å²) in [5.41, 5.74) is 6.76. The lowest BCUT2D eigenvalue weighted by molar-refractivity contribution is 0.178. The minimum absolute atomic E-state index is 0.339. The van der Waals surface area contributed by atoms with E-state index in [1.807, 2.05) is 13.1 Å². The first kappa shape index (κ1) is 12.3. The molecule has 2 rings (SSSR count). The lowest BCUT2D eigenvalue weighted by Crippen LogP contribution is -2.09. The number of aryl methyl sites for hydroxylation is 1. The first-order valence-electron chi connectivity index (χ1n) is 5.52. The van der Waals surface area contributed by atoms with Gasteiger partial charge in [0.25, 0.3) is 0 Å². The van der Waals surface area contributed by atoms with Crippen molar-refractivity contribution in [1.82, 2.24) is 19.7 Å². The summed E-state index contributed by atoms with van der Waals surface area (Å²) in [4.78, 5) is 8.37. The first-order chi connectivity index (χ1) is 8.69. The maximum absolute atomic E-state index is 5.70. The van der Waals surface area contributed by atoms with Crippen molar-refractivity contribution in [3.63, 3.8) is 0 Å². The van der Waals surface area contributed by atoms with Crippen molar-refractivity contribution >= 4 is 11.6 Å². The molecule has 7 nitrogen and oxygen atoms in total. The van der Waals surface area contributed by atoms with Gasteiger partial charge >= 0.3 is 0 Å². The van der Waals surface area contributed by atoms with Crippen LogP contribution in [-0.2, 0) is 24.9 Å². The third-order valence-corrected chi connectivity index (χ3v) is 2.44. The van der Waals surface area contributed by atoms with Crippen LogP contribution >= 0.6 is 0 Å². The monoisotopic (exact) mass is 248 g/mol. The fraction of sp³-hybridized carbons (Fsp3) is 0.364. The highest BCUT2D eigenvalue weighted by Gasteiger charge is 2.03. The van der Waals surface area contributed by atoms with Crippen molar-refractivity contribution in [2.24, 2.45) is 7.05 Å². The minimum Gasteiger partial charge on any atom is -0.384 e. The largest absolute Gasteiger partial charge is 0.384 e. The zero-order valence-electron chi connectivity index (χ0n) is 10.4. The van der Waals surface area contributed by atoms with Crippen LogP contribution in [-0.4, -0.2) is 26.9 Å². The molecule has 0 bridgehead atoms. The Labute approximate surface area is 105 Å². The topological polar surface area (TPSA) is 90.9 Å². The second kappa shape index (κ2) is 5.46. The number of nitrogen functional groups attached to an aromatic ring is 1. The SMILES string of the molecule is COCc1nc(N)cc(NCc2ccnn2C)n1. The molecule has 2 aromatic rings. The Morgan fingerprint density at radius 2 is 2.28 bits per heavy atom. The van der Waals surface area contributed by atoms with Gasteiger partial charge < -0.3 is 15.8 Å². The second-order valence-electron chi connectivity index (χ2n) is 3.83. The smallest absolute Gasteiger partial charge is 0.158 e. The lowest BCUT2D eigenvalue weighted by Gasteiger charge is -2.08. The number of hydrogen-bond acceptors (Lipinski definition) is 6. The molecule has 2 aromatic heterocycles. The van der Waals surface area contributed by atoms with Crippen molar-refractivity contribution in [1.29, 1.82) is 0 Å². The molecule has 96 valence electrons. The molecular weight excluding hydrogens is 232 g/mol. The molecule has 0 aromatic carbocycles. The van der Waals surface area contributed by atoms with Crippen LogP contribution in [0.25, 0.3) is 0 Å². The normalized spacial score (nSPS) is 10.6. The summed E-state index contributed by atoms with van der Waals surface area (Å²) in [6.45, 7) is 0.963. The van der Waals surface area contributed by atoms with Crippen LogP contribution in [0.3, 0.4) is 0 Å². The van der Waals surface area contributed by atoms with E-state index in [2.05, 4.69) is 20.4 Å². The molecule has 0 aliphatic heterocycles. The number of nitrogens with one attached hydrogen (secondary N) is 1. The van der Waals surface area contributed by atoms with E-state index in [0.29, 0.717) is 30.6 Å². The third kappa shape index (κ3) is 2.95. The van der Waals surface area contributed by atoms with Crippen LogP contribution in [0.15, 0.2) is 18.3 Å². The lowest BCUT2D eigenvalue weighted by atomic mass is 10.4. The number of rotatable bonds is 5. The highest BCUT2D eigenvalue weighted by Crippen LogP contribution is 2.10. The molecule has 18 heavy (non-hydrogen) atoms. The first-order valence-corrected chi connectivity index (χ1v) is 5.52. The average Bonchev–Trinajstić information content (AvgIpc) is 2.72. The molecule has 0 radical (unpaired) electrons. The van der Waals surface area contributed by atoms with E-state index in [-0.39, 0.29) is 0 Å². The molecule has 0 saturated heterocycles. The molecule has 0 aliphatic rings. The number of nitrogens with two attached hydrogens (primary N) is 1. The van der Waals surface area contributed by atoms with Crippen LogP contribution in [0.2, 0.25) is 0 Å². The Balaban J connectivity index is 2.07.